The van der Waals surface area contributed by atoms with E-state index in [2.05, 4.69) is 35.5 Å². The molecule has 1 N–H and O–H groups in total. The molecule has 4 heterocycles. The van der Waals surface area contributed by atoms with Crippen LogP contribution < -0.4 is 11.0 Å². The highest BCUT2D eigenvalue weighted by atomic mass is 19.1. The monoisotopic (exact) mass is 471 g/mol. The van der Waals surface area contributed by atoms with Crippen LogP contribution in [0.2, 0.25) is 0 Å². The quantitative estimate of drug-likeness (QED) is 0.436. The second-order valence-electron chi connectivity index (χ2n) is 9.29. The van der Waals surface area contributed by atoms with Crippen molar-refractivity contribution in [2.24, 2.45) is 7.05 Å². The van der Waals surface area contributed by atoms with Crippen molar-refractivity contribution >= 4 is 10.9 Å². The lowest BCUT2D eigenvalue weighted by Crippen LogP contribution is -2.30. The summed E-state index contributed by atoms with van der Waals surface area (Å²) in [6.45, 7) is 6.99. The minimum atomic E-state index is -0.477. The standard InChI is InChI=1S/C26H26FN7O/c1-15-11-16(2)13-18(12-15)34-25(23-17(3)28-8-7-20(23)30-34)33-10-9-32(26(33)35)22-6-5-21-19(24(22)27)14-29-31(21)4/h5-6,9-14,17,28H,7-8H2,1-4H3/t17-/m0/s1. The van der Waals surface area contributed by atoms with Crippen LogP contribution in [0.3, 0.4) is 0 Å². The molecule has 1 atom stereocenters. The molecule has 0 unspecified atom stereocenters. The van der Waals surface area contributed by atoms with Crippen molar-refractivity contribution in [1.82, 2.24) is 34.0 Å². The van der Waals surface area contributed by atoms with Crippen LogP contribution in [0.1, 0.15) is 35.3 Å². The van der Waals surface area contributed by atoms with Gasteiger partial charge in [0.1, 0.15) is 5.82 Å². The first kappa shape index (κ1) is 21.5. The van der Waals surface area contributed by atoms with Crippen LogP contribution in [-0.2, 0) is 13.5 Å². The molecule has 0 fully saturated rings. The highest BCUT2D eigenvalue weighted by molar-refractivity contribution is 5.81. The Labute approximate surface area is 201 Å². The average Bonchev–Trinajstić information content (AvgIpc) is 3.49. The van der Waals surface area contributed by atoms with Gasteiger partial charge >= 0.3 is 5.69 Å². The SMILES string of the molecule is Cc1cc(C)cc(-n2nc3c(c2-n2ccn(-c4ccc5c(cnn5C)c4F)c2=O)[C@H](C)NCC3)c1. The smallest absolute Gasteiger partial charge is 0.310 e. The molecule has 0 saturated carbocycles. The molecule has 2 aromatic carbocycles. The number of aryl methyl sites for hydroxylation is 3. The van der Waals surface area contributed by atoms with Gasteiger partial charge < -0.3 is 5.32 Å². The summed E-state index contributed by atoms with van der Waals surface area (Å²) in [5.74, 6) is 0.201. The van der Waals surface area contributed by atoms with Gasteiger partial charge in [0.25, 0.3) is 0 Å². The Morgan fingerprint density at radius 2 is 1.83 bits per heavy atom. The summed E-state index contributed by atoms with van der Waals surface area (Å²) in [4.78, 5) is 13.7. The average molecular weight is 472 g/mol. The van der Waals surface area contributed by atoms with Gasteiger partial charge in [0.05, 0.1) is 34.2 Å². The Balaban J connectivity index is 1.59. The Kier molecular flexibility index (Phi) is 4.79. The first-order valence-electron chi connectivity index (χ1n) is 11.7. The molecule has 0 amide bonds. The van der Waals surface area contributed by atoms with Gasteiger partial charge in [-0.15, -0.1) is 0 Å². The van der Waals surface area contributed by atoms with Crippen LogP contribution in [0.5, 0.6) is 0 Å². The molecule has 8 nitrogen and oxygen atoms in total. The van der Waals surface area contributed by atoms with Crippen molar-refractivity contribution in [3.63, 3.8) is 0 Å². The van der Waals surface area contributed by atoms with Crippen molar-refractivity contribution in [2.45, 2.75) is 33.2 Å². The number of benzene rings is 2. The summed E-state index contributed by atoms with van der Waals surface area (Å²) in [5, 5.41) is 12.9. The molecule has 0 saturated heterocycles. The largest absolute Gasteiger partial charge is 0.338 e. The van der Waals surface area contributed by atoms with Crippen molar-refractivity contribution in [3.05, 3.63) is 87.6 Å². The number of fused-ring (bicyclic) bond motifs is 2. The molecule has 35 heavy (non-hydrogen) atoms. The van der Waals surface area contributed by atoms with Crippen molar-refractivity contribution in [2.75, 3.05) is 6.54 Å². The third-order valence-corrected chi connectivity index (χ3v) is 6.78. The summed E-state index contributed by atoms with van der Waals surface area (Å²) < 4.78 is 21.8. The van der Waals surface area contributed by atoms with Crippen LogP contribution in [0.25, 0.3) is 28.1 Å². The third-order valence-electron chi connectivity index (χ3n) is 6.78. The molecule has 178 valence electrons. The maximum absolute atomic E-state index is 15.4. The molecule has 9 heteroatoms. The highest BCUT2D eigenvalue weighted by Gasteiger charge is 2.29. The van der Waals surface area contributed by atoms with E-state index in [9.17, 15) is 4.79 Å². The summed E-state index contributed by atoms with van der Waals surface area (Å²) >= 11 is 0. The number of rotatable bonds is 3. The molecular formula is C26H26FN7O. The Morgan fingerprint density at radius 3 is 2.60 bits per heavy atom. The lowest BCUT2D eigenvalue weighted by molar-refractivity contribution is 0.536. The predicted octanol–water partition coefficient (Wildman–Crippen LogP) is 3.66. The molecule has 1 aliphatic rings. The maximum Gasteiger partial charge on any atom is 0.338 e. The molecule has 1 aliphatic heterocycles. The van der Waals surface area contributed by atoms with Crippen molar-refractivity contribution in [1.29, 1.82) is 0 Å². The molecular weight excluding hydrogens is 445 g/mol. The van der Waals surface area contributed by atoms with E-state index in [1.807, 2.05) is 18.5 Å². The molecule has 0 spiro atoms. The first-order valence-corrected chi connectivity index (χ1v) is 11.7. The van der Waals surface area contributed by atoms with Crippen LogP contribution in [0.4, 0.5) is 4.39 Å². The predicted molar refractivity (Wildman–Crippen MR) is 132 cm³/mol. The third kappa shape index (κ3) is 3.26. The minimum absolute atomic E-state index is 0.0205. The van der Waals surface area contributed by atoms with Gasteiger partial charge in [0.15, 0.2) is 5.82 Å². The van der Waals surface area contributed by atoms with Crippen LogP contribution >= 0.6 is 0 Å². The van der Waals surface area contributed by atoms with Gasteiger partial charge in [-0.1, -0.05) is 6.07 Å². The van der Waals surface area contributed by atoms with E-state index in [1.54, 1.807) is 40.8 Å². The number of hydrogen-bond acceptors (Lipinski definition) is 4. The lowest BCUT2D eigenvalue weighted by Gasteiger charge is -2.21. The van der Waals surface area contributed by atoms with Gasteiger partial charge in [-0.05, 0) is 56.2 Å². The molecule has 3 aromatic heterocycles. The van der Waals surface area contributed by atoms with E-state index in [-0.39, 0.29) is 17.4 Å². The van der Waals surface area contributed by atoms with Gasteiger partial charge in [-0.3, -0.25) is 13.8 Å². The normalized spacial score (nSPS) is 15.6. The Hall–Kier alpha value is -3.98. The summed E-state index contributed by atoms with van der Waals surface area (Å²) in [6.07, 6.45) is 5.55. The highest BCUT2D eigenvalue weighted by Crippen LogP contribution is 2.31. The van der Waals surface area contributed by atoms with E-state index < -0.39 is 5.82 Å². The fourth-order valence-corrected chi connectivity index (χ4v) is 5.18. The van der Waals surface area contributed by atoms with E-state index in [4.69, 9.17) is 5.10 Å². The topological polar surface area (TPSA) is 74.6 Å². The van der Waals surface area contributed by atoms with Crippen LogP contribution in [-0.4, -0.2) is 35.2 Å². The van der Waals surface area contributed by atoms with Gasteiger partial charge in [0, 0.05) is 44.0 Å². The lowest BCUT2D eigenvalue weighted by atomic mass is 10.0. The van der Waals surface area contributed by atoms with Crippen LogP contribution in [0.15, 0.2) is 53.7 Å². The summed E-state index contributed by atoms with van der Waals surface area (Å²) in [6, 6.07) is 9.64. The number of halogens is 1. The van der Waals surface area contributed by atoms with Crippen LogP contribution in [0, 0.1) is 19.7 Å². The fourth-order valence-electron chi connectivity index (χ4n) is 5.18. The van der Waals surface area contributed by atoms with E-state index in [0.717, 1.165) is 41.0 Å². The Bertz CT molecular complexity index is 1650. The zero-order valence-electron chi connectivity index (χ0n) is 20.1. The first-order chi connectivity index (χ1) is 16.8. The van der Waals surface area contributed by atoms with E-state index in [1.165, 1.54) is 10.8 Å². The number of aromatic nitrogens is 6. The van der Waals surface area contributed by atoms with Gasteiger partial charge in [-0.25, -0.2) is 13.9 Å². The molecule has 0 aliphatic carbocycles. The van der Waals surface area contributed by atoms with E-state index >= 15 is 4.39 Å². The fraction of sp³-hybridized carbons (Fsp3) is 0.269. The van der Waals surface area contributed by atoms with Crippen molar-refractivity contribution in [3.8, 4) is 17.2 Å². The molecule has 5 aromatic rings. The zero-order valence-corrected chi connectivity index (χ0v) is 20.1. The van der Waals surface area contributed by atoms with Gasteiger partial charge in [-0.2, -0.15) is 10.2 Å². The van der Waals surface area contributed by atoms with Crippen molar-refractivity contribution < 1.29 is 4.39 Å². The maximum atomic E-state index is 15.4. The molecule has 0 bridgehead atoms. The second kappa shape index (κ2) is 7.78. The number of imidazole rings is 1. The zero-order chi connectivity index (χ0) is 24.4. The summed E-state index contributed by atoms with van der Waals surface area (Å²) in [5.41, 5.74) is 5.56. The number of nitrogens with one attached hydrogen (secondary N) is 1. The molecule has 0 radical (unpaired) electrons. The summed E-state index contributed by atoms with van der Waals surface area (Å²) in [7, 11) is 1.76. The second-order valence-corrected chi connectivity index (χ2v) is 9.29. The molecule has 6 rings (SSSR count). The minimum Gasteiger partial charge on any atom is -0.310 e. The van der Waals surface area contributed by atoms with E-state index in [0.29, 0.717) is 16.7 Å². The Morgan fingerprint density at radius 1 is 1.09 bits per heavy atom. The number of nitrogens with zero attached hydrogens (tertiary/aromatic N) is 6. The number of hydrogen-bond donors (Lipinski definition) is 1. The van der Waals surface area contributed by atoms with Gasteiger partial charge in [0.2, 0.25) is 0 Å².